The Kier molecular flexibility index (Phi) is 6.62. The van der Waals surface area contributed by atoms with Crippen molar-refractivity contribution in [3.63, 3.8) is 0 Å². The van der Waals surface area contributed by atoms with Gasteiger partial charge < -0.3 is 19.9 Å². The Balaban J connectivity index is 1.85. The Hall–Kier alpha value is -2.76. The Morgan fingerprint density at radius 3 is 2.84 bits per heavy atom. The zero-order valence-electron chi connectivity index (χ0n) is 15.0. The molecule has 2 N–H and O–H groups in total. The van der Waals surface area contributed by atoms with Gasteiger partial charge in [0, 0.05) is 23.7 Å². The van der Waals surface area contributed by atoms with Gasteiger partial charge in [-0.05, 0) is 33.3 Å². The monoisotopic (exact) mass is 343 g/mol. The van der Waals surface area contributed by atoms with Crippen molar-refractivity contribution in [2.75, 3.05) is 6.61 Å². The highest BCUT2D eigenvalue weighted by Gasteiger charge is 2.14. The highest BCUT2D eigenvalue weighted by Crippen LogP contribution is 2.18. The van der Waals surface area contributed by atoms with Crippen LogP contribution in [0.25, 0.3) is 0 Å². The summed E-state index contributed by atoms with van der Waals surface area (Å²) in [5.41, 5.74) is 2.81. The van der Waals surface area contributed by atoms with Gasteiger partial charge >= 0.3 is 6.03 Å². The second-order valence-electron chi connectivity index (χ2n) is 5.94. The summed E-state index contributed by atoms with van der Waals surface area (Å²) in [5, 5.41) is 9.72. The number of hydrogen-bond donors (Lipinski definition) is 2. The van der Waals surface area contributed by atoms with Crippen LogP contribution in [0.1, 0.15) is 29.5 Å². The third-order valence-electron chi connectivity index (χ3n) is 3.84. The molecule has 0 bridgehead atoms. The molecule has 1 aromatic carbocycles. The first-order valence-corrected chi connectivity index (χ1v) is 8.29. The summed E-state index contributed by atoms with van der Waals surface area (Å²) in [6.45, 7) is 10.2. The smallest absolute Gasteiger partial charge is 0.315 e. The molecule has 1 atom stereocenters. The van der Waals surface area contributed by atoms with Gasteiger partial charge in [-0.2, -0.15) is 0 Å². The zero-order chi connectivity index (χ0) is 18.2. The number of rotatable bonds is 8. The first-order chi connectivity index (χ1) is 12.0. The lowest BCUT2D eigenvalue weighted by atomic mass is 10.1. The van der Waals surface area contributed by atoms with Crippen molar-refractivity contribution >= 4 is 6.03 Å². The lowest BCUT2D eigenvalue weighted by molar-refractivity contribution is 0.237. The minimum atomic E-state index is -0.224. The summed E-state index contributed by atoms with van der Waals surface area (Å²) in [5.74, 6) is 1.53. The van der Waals surface area contributed by atoms with E-state index in [2.05, 4.69) is 22.4 Å². The highest BCUT2D eigenvalue weighted by molar-refractivity contribution is 5.74. The van der Waals surface area contributed by atoms with Crippen LogP contribution in [0.3, 0.4) is 0 Å². The normalized spacial score (nSPS) is 11.6. The number of amides is 2. The number of carbonyl (C=O) groups is 1. The van der Waals surface area contributed by atoms with E-state index in [0.29, 0.717) is 19.6 Å². The van der Waals surface area contributed by atoms with Crippen LogP contribution in [0.5, 0.6) is 5.75 Å². The maximum absolute atomic E-state index is 12.1. The molecule has 0 radical (unpaired) electrons. The van der Waals surface area contributed by atoms with Crippen molar-refractivity contribution in [2.24, 2.45) is 0 Å². The molecule has 1 unspecified atom stereocenters. The lowest BCUT2D eigenvalue weighted by Crippen LogP contribution is -2.41. The summed E-state index contributed by atoms with van der Waals surface area (Å²) in [6.07, 6.45) is 2.36. The van der Waals surface area contributed by atoms with Gasteiger partial charge in [-0.3, -0.25) is 0 Å². The number of benzene rings is 1. The van der Waals surface area contributed by atoms with Crippen LogP contribution in [0.4, 0.5) is 4.79 Å². The van der Waals surface area contributed by atoms with Crippen molar-refractivity contribution in [1.29, 1.82) is 0 Å². The van der Waals surface area contributed by atoms with E-state index in [9.17, 15) is 4.79 Å². The molecule has 1 aromatic heterocycles. The van der Waals surface area contributed by atoms with Crippen LogP contribution in [0.2, 0.25) is 0 Å². The average Bonchev–Trinajstić information content (AvgIpc) is 2.90. The van der Waals surface area contributed by atoms with E-state index in [1.807, 2.05) is 45.0 Å². The molecule has 0 aliphatic carbocycles. The van der Waals surface area contributed by atoms with Crippen molar-refractivity contribution in [2.45, 2.75) is 39.8 Å². The number of aryl methyl sites for hydroxylation is 2. The van der Waals surface area contributed by atoms with Crippen molar-refractivity contribution in [3.8, 4) is 5.75 Å². The molecule has 0 saturated heterocycles. The Morgan fingerprint density at radius 2 is 2.16 bits per heavy atom. The second kappa shape index (κ2) is 8.92. The van der Waals surface area contributed by atoms with Crippen molar-refractivity contribution in [3.05, 3.63) is 59.5 Å². The Bertz CT molecular complexity index is 705. The minimum absolute atomic E-state index is 0.0379. The SMILES string of the molecule is C=CCOc1ccccc1CNC(=O)NC(C)Cc1c(C)noc1C. The largest absolute Gasteiger partial charge is 0.489 e. The van der Waals surface area contributed by atoms with E-state index < -0.39 is 0 Å². The van der Waals surface area contributed by atoms with Gasteiger partial charge in [-0.15, -0.1) is 0 Å². The fourth-order valence-electron chi connectivity index (χ4n) is 2.54. The number of aromatic nitrogens is 1. The number of urea groups is 1. The number of nitrogens with zero attached hydrogens (tertiary/aromatic N) is 1. The number of ether oxygens (including phenoxy) is 1. The van der Waals surface area contributed by atoms with Crippen LogP contribution in [-0.2, 0) is 13.0 Å². The highest BCUT2D eigenvalue weighted by atomic mass is 16.5. The van der Waals surface area contributed by atoms with Gasteiger partial charge in [0.2, 0.25) is 0 Å². The van der Waals surface area contributed by atoms with Crippen LogP contribution >= 0.6 is 0 Å². The van der Waals surface area contributed by atoms with E-state index >= 15 is 0 Å². The molecule has 6 heteroatoms. The molecule has 1 heterocycles. The molecule has 0 saturated carbocycles. The van der Waals surface area contributed by atoms with Gasteiger partial charge in [0.05, 0.1) is 5.69 Å². The summed E-state index contributed by atoms with van der Waals surface area (Å²) in [7, 11) is 0. The van der Waals surface area contributed by atoms with Crippen molar-refractivity contribution in [1.82, 2.24) is 15.8 Å². The van der Waals surface area contributed by atoms with Crippen LogP contribution in [0.15, 0.2) is 41.4 Å². The molecule has 0 aliphatic rings. The predicted molar refractivity (Wildman–Crippen MR) is 96.6 cm³/mol. The third-order valence-corrected chi connectivity index (χ3v) is 3.84. The minimum Gasteiger partial charge on any atom is -0.489 e. The van der Waals surface area contributed by atoms with Crippen LogP contribution < -0.4 is 15.4 Å². The number of carbonyl (C=O) groups excluding carboxylic acids is 1. The molecule has 0 spiro atoms. The molecule has 0 aliphatic heterocycles. The Labute approximate surface area is 148 Å². The van der Waals surface area contributed by atoms with E-state index in [1.165, 1.54) is 0 Å². The number of para-hydroxylation sites is 1. The summed E-state index contributed by atoms with van der Waals surface area (Å²) < 4.78 is 10.7. The maximum Gasteiger partial charge on any atom is 0.315 e. The summed E-state index contributed by atoms with van der Waals surface area (Å²) in [6, 6.07) is 7.34. The average molecular weight is 343 g/mol. The van der Waals surface area contributed by atoms with Gasteiger partial charge in [0.15, 0.2) is 0 Å². The predicted octanol–water partition coefficient (Wildman–Crippen LogP) is 3.29. The molecular formula is C19H25N3O3. The quantitative estimate of drug-likeness (QED) is 0.721. The summed E-state index contributed by atoms with van der Waals surface area (Å²) in [4.78, 5) is 12.1. The van der Waals surface area contributed by atoms with E-state index in [-0.39, 0.29) is 12.1 Å². The molecule has 2 rings (SSSR count). The summed E-state index contributed by atoms with van der Waals surface area (Å²) >= 11 is 0. The van der Waals surface area contributed by atoms with E-state index in [1.54, 1.807) is 6.08 Å². The first kappa shape index (κ1) is 18.6. The van der Waals surface area contributed by atoms with Gasteiger partial charge in [-0.1, -0.05) is 36.0 Å². The van der Waals surface area contributed by atoms with Crippen LogP contribution in [0, 0.1) is 13.8 Å². The molecule has 2 aromatic rings. The number of nitrogens with one attached hydrogen (secondary N) is 2. The zero-order valence-corrected chi connectivity index (χ0v) is 15.0. The van der Waals surface area contributed by atoms with Crippen molar-refractivity contribution < 1.29 is 14.1 Å². The van der Waals surface area contributed by atoms with Gasteiger partial charge in [0.25, 0.3) is 0 Å². The number of hydrogen-bond acceptors (Lipinski definition) is 4. The maximum atomic E-state index is 12.1. The van der Waals surface area contributed by atoms with E-state index in [4.69, 9.17) is 9.26 Å². The Morgan fingerprint density at radius 1 is 1.40 bits per heavy atom. The first-order valence-electron chi connectivity index (χ1n) is 8.29. The second-order valence-corrected chi connectivity index (χ2v) is 5.94. The topological polar surface area (TPSA) is 76.4 Å². The molecule has 6 nitrogen and oxygen atoms in total. The third kappa shape index (κ3) is 5.38. The van der Waals surface area contributed by atoms with Crippen LogP contribution in [-0.4, -0.2) is 23.8 Å². The fourth-order valence-corrected chi connectivity index (χ4v) is 2.54. The molecular weight excluding hydrogens is 318 g/mol. The lowest BCUT2D eigenvalue weighted by Gasteiger charge is -2.15. The van der Waals surface area contributed by atoms with Gasteiger partial charge in [0.1, 0.15) is 18.1 Å². The molecule has 134 valence electrons. The molecule has 2 amide bonds. The molecule has 25 heavy (non-hydrogen) atoms. The van der Waals surface area contributed by atoms with E-state index in [0.717, 1.165) is 28.3 Å². The molecule has 0 fully saturated rings. The standard InChI is InChI=1S/C19H25N3O3/c1-5-10-24-18-9-7-6-8-16(18)12-20-19(23)21-13(2)11-17-14(3)22-25-15(17)4/h5-9,13H,1,10-12H2,2-4H3,(H2,20,21,23). The fraction of sp³-hybridized carbons (Fsp3) is 0.368. The van der Waals surface area contributed by atoms with Gasteiger partial charge in [-0.25, -0.2) is 4.79 Å².